The van der Waals surface area contributed by atoms with Crippen molar-refractivity contribution in [1.29, 1.82) is 0 Å². The van der Waals surface area contributed by atoms with E-state index in [2.05, 4.69) is 0 Å². The molecule has 0 radical (unpaired) electrons. The molecule has 0 aliphatic carbocycles. The van der Waals surface area contributed by atoms with Gasteiger partial charge in [0.1, 0.15) is 0 Å². The third-order valence-corrected chi connectivity index (χ3v) is 2.25. The lowest BCUT2D eigenvalue weighted by atomic mass is 10.3. The summed E-state index contributed by atoms with van der Waals surface area (Å²) in [5.74, 6) is -0.207. The Balaban J connectivity index is 4.12. The van der Waals surface area contributed by atoms with Gasteiger partial charge in [0.2, 0.25) is 0 Å². The molecular formula is C11H23NO4. The van der Waals surface area contributed by atoms with Crippen LogP contribution in [0.4, 0.5) is 0 Å². The zero-order valence-corrected chi connectivity index (χ0v) is 10.7. The molecule has 1 atom stereocenters. The van der Waals surface area contributed by atoms with Crippen LogP contribution in [0, 0.1) is 0 Å². The Kier molecular flexibility index (Phi) is 9.18. The van der Waals surface area contributed by atoms with Crippen LogP contribution in [0.15, 0.2) is 0 Å². The Morgan fingerprint density at radius 3 is 2.50 bits per heavy atom. The first-order valence-electron chi connectivity index (χ1n) is 5.53. The SMILES string of the molecule is CCOC(=O)CN(CCOC)C(C)COC. The van der Waals surface area contributed by atoms with Gasteiger partial charge >= 0.3 is 5.97 Å². The van der Waals surface area contributed by atoms with Crippen LogP contribution in [0.5, 0.6) is 0 Å². The number of esters is 1. The van der Waals surface area contributed by atoms with E-state index in [0.717, 1.165) is 0 Å². The summed E-state index contributed by atoms with van der Waals surface area (Å²) in [7, 11) is 3.29. The number of nitrogens with zero attached hydrogens (tertiary/aromatic N) is 1. The van der Waals surface area contributed by atoms with E-state index in [4.69, 9.17) is 14.2 Å². The average molecular weight is 233 g/mol. The fourth-order valence-corrected chi connectivity index (χ4v) is 1.38. The van der Waals surface area contributed by atoms with Crippen LogP contribution in [-0.4, -0.2) is 64.0 Å². The van der Waals surface area contributed by atoms with Crippen molar-refractivity contribution in [3.63, 3.8) is 0 Å². The standard InChI is InChI=1S/C11H23NO4/c1-5-16-11(13)8-12(6-7-14-3)10(2)9-15-4/h10H,5-9H2,1-4H3. The van der Waals surface area contributed by atoms with Gasteiger partial charge in [-0.3, -0.25) is 9.69 Å². The second-order valence-corrected chi connectivity index (χ2v) is 3.57. The number of methoxy groups -OCH3 is 2. The molecule has 0 fully saturated rings. The van der Waals surface area contributed by atoms with Crippen molar-refractivity contribution < 1.29 is 19.0 Å². The van der Waals surface area contributed by atoms with Crippen LogP contribution in [0.2, 0.25) is 0 Å². The molecule has 0 amide bonds. The minimum atomic E-state index is -0.207. The molecule has 0 aromatic rings. The molecular weight excluding hydrogens is 210 g/mol. The van der Waals surface area contributed by atoms with E-state index < -0.39 is 0 Å². The summed E-state index contributed by atoms with van der Waals surface area (Å²) in [5, 5.41) is 0. The maximum absolute atomic E-state index is 11.4. The predicted molar refractivity (Wildman–Crippen MR) is 61.4 cm³/mol. The van der Waals surface area contributed by atoms with E-state index in [1.54, 1.807) is 21.1 Å². The molecule has 0 saturated carbocycles. The minimum absolute atomic E-state index is 0.171. The highest BCUT2D eigenvalue weighted by Gasteiger charge is 2.17. The molecule has 96 valence electrons. The molecule has 0 aromatic heterocycles. The van der Waals surface area contributed by atoms with Crippen molar-refractivity contribution in [2.45, 2.75) is 19.9 Å². The number of carbonyl (C=O) groups is 1. The average Bonchev–Trinajstić information content (AvgIpc) is 2.24. The highest BCUT2D eigenvalue weighted by molar-refractivity contribution is 5.71. The highest BCUT2D eigenvalue weighted by Crippen LogP contribution is 2.00. The summed E-state index contributed by atoms with van der Waals surface area (Å²) >= 11 is 0. The van der Waals surface area contributed by atoms with Crippen molar-refractivity contribution in [3.8, 4) is 0 Å². The van der Waals surface area contributed by atoms with Gasteiger partial charge in [0.15, 0.2) is 0 Å². The predicted octanol–water partition coefficient (Wildman–Crippen LogP) is 0.533. The lowest BCUT2D eigenvalue weighted by Gasteiger charge is -2.27. The lowest BCUT2D eigenvalue weighted by molar-refractivity contribution is -0.145. The Bertz CT molecular complexity index is 187. The molecule has 1 unspecified atom stereocenters. The first kappa shape index (κ1) is 15.3. The quantitative estimate of drug-likeness (QED) is 0.544. The van der Waals surface area contributed by atoms with Gasteiger partial charge in [-0.15, -0.1) is 0 Å². The lowest BCUT2D eigenvalue weighted by Crippen LogP contribution is -2.42. The van der Waals surface area contributed by atoms with E-state index in [-0.39, 0.29) is 18.6 Å². The van der Waals surface area contributed by atoms with Crippen molar-refractivity contribution >= 4 is 5.97 Å². The van der Waals surface area contributed by atoms with Gasteiger partial charge in [0, 0.05) is 26.8 Å². The monoisotopic (exact) mass is 233 g/mol. The molecule has 0 aliphatic heterocycles. The van der Waals surface area contributed by atoms with Gasteiger partial charge < -0.3 is 14.2 Å². The first-order chi connectivity index (χ1) is 7.65. The smallest absolute Gasteiger partial charge is 0.320 e. The highest BCUT2D eigenvalue weighted by atomic mass is 16.5. The number of carbonyl (C=O) groups excluding carboxylic acids is 1. The molecule has 5 heteroatoms. The Morgan fingerprint density at radius 1 is 1.31 bits per heavy atom. The topological polar surface area (TPSA) is 48.0 Å². The third kappa shape index (κ3) is 6.76. The third-order valence-electron chi connectivity index (χ3n) is 2.25. The number of hydrogen-bond acceptors (Lipinski definition) is 5. The van der Waals surface area contributed by atoms with Gasteiger partial charge in [0.25, 0.3) is 0 Å². The summed E-state index contributed by atoms with van der Waals surface area (Å²) in [6.07, 6.45) is 0. The summed E-state index contributed by atoms with van der Waals surface area (Å²) in [5.41, 5.74) is 0. The Labute approximate surface area is 97.7 Å². The van der Waals surface area contributed by atoms with Gasteiger partial charge in [0.05, 0.1) is 26.4 Å². The van der Waals surface area contributed by atoms with Crippen molar-refractivity contribution in [3.05, 3.63) is 0 Å². The largest absolute Gasteiger partial charge is 0.465 e. The van der Waals surface area contributed by atoms with Gasteiger partial charge in [-0.1, -0.05) is 0 Å². The molecule has 5 nitrogen and oxygen atoms in total. The van der Waals surface area contributed by atoms with Crippen LogP contribution < -0.4 is 0 Å². The second-order valence-electron chi connectivity index (χ2n) is 3.57. The summed E-state index contributed by atoms with van der Waals surface area (Å²) in [4.78, 5) is 13.4. The van der Waals surface area contributed by atoms with Crippen LogP contribution in [0.1, 0.15) is 13.8 Å². The van der Waals surface area contributed by atoms with Crippen LogP contribution >= 0.6 is 0 Å². The second kappa shape index (κ2) is 9.57. The van der Waals surface area contributed by atoms with E-state index in [9.17, 15) is 4.79 Å². The zero-order chi connectivity index (χ0) is 12.4. The number of ether oxygens (including phenoxy) is 3. The number of rotatable bonds is 9. The molecule has 0 aliphatic rings. The molecule has 0 bridgehead atoms. The maximum atomic E-state index is 11.4. The first-order valence-corrected chi connectivity index (χ1v) is 5.53. The van der Waals surface area contributed by atoms with Gasteiger partial charge in [-0.05, 0) is 13.8 Å². The molecule has 0 saturated heterocycles. The Morgan fingerprint density at radius 2 is 2.00 bits per heavy atom. The summed E-state index contributed by atoms with van der Waals surface area (Å²) < 4.78 is 15.0. The fraction of sp³-hybridized carbons (Fsp3) is 0.909. The molecule has 16 heavy (non-hydrogen) atoms. The normalized spacial score (nSPS) is 12.8. The number of hydrogen-bond donors (Lipinski definition) is 0. The van der Waals surface area contributed by atoms with Gasteiger partial charge in [-0.2, -0.15) is 0 Å². The summed E-state index contributed by atoms with van der Waals surface area (Å²) in [6.45, 7) is 6.38. The van der Waals surface area contributed by atoms with Crippen LogP contribution in [0.3, 0.4) is 0 Å². The maximum Gasteiger partial charge on any atom is 0.320 e. The Hall–Kier alpha value is -0.650. The van der Waals surface area contributed by atoms with E-state index in [1.807, 2.05) is 11.8 Å². The fourth-order valence-electron chi connectivity index (χ4n) is 1.38. The van der Waals surface area contributed by atoms with E-state index >= 15 is 0 Å². The van der Waals surface area contributed by atoms with Crippen molar-refractivity contribution in [2.24, 2.45) is 0 Å². The van der Waals surface area contributed by atoms with Gasteiger partial charge in [-0.25, -0.2) is 0 Å². The van der Waals surface area contributed by atoms with Crippen LogP contribution in [0.25, 0.3) is 0 Å². The molecule has 0 rings (SSSR count). The molecule has 0 spiro atoms. The molecule has 0 heterocycles. The molecule has 0 N–H and O–H groups in total. The van der Waals surface area contributed by atoms with E-state index in [1.165, 1.54) is 0 Å². The molecule has 0 aromatic carbocycles. The zero-order valence-electron chi connectivity index (χ0n) is 10.7. The summed E-state index contributed by atoms with van der Waals surface area (Å²) in [6, 6.07) is 0.171. The van der Waals surface area contributed by atoms with E-state index in [0.29, 0.717) is 26.4 Å². The van der Waals surface area contributed by atoms with Crippen molar-refractivity contribution in [2.75, 3.05) is 47.1 Å². The van der Waals surface area contributed by atoms with Crippen LogP contribution in [-0.2, 0) is 19.0 Å². The van der Waals surface area contributed by atoms with Crippen molar-refractivity contribution in [1.82, 2.24) is 4.90 Å². The minimum Gasteiger partial charge on any atom is -0.465 e.